The van der Waals surface area contributed by atoms with Crippen LogP contribution < -0.4 is 0 Å². The maximum Gasteiger partial charge on any atom is 0.310 e. The second kappa shape index (κ2) is 8.77. The Morgan fingerprint density at radius 2 is 2.00 bits per heavy atom. The van der Waals surface area contributed by atoms with Gasteiger partial charge in [0.25, 0.3) is 10.0 Å². The summed E-state index contributed by atoms with van der Waals surface area (Å²) in [6.45, 7) is 5.75. The molecule has 2 atom stereocenters. The van der Waals surface area contributed by atoms with Gasteiger partial charge < -0.3 is 4.74 Å². The number of ketones is 1. The van der Waals surface area contributed by atoms with Gasteiger partial charge in [-0.1, -0.05) is 23.8 Å². The maximum atomic E-state index is 12.7. The van der Waals surface area contributed by atoms with Crippen molar-refractivity contribution in [2.45, 2.75) is 43.9 Å². The lowest BCUT2D eigenvalue weighted by Gasteiger charge is -2.30. The molecule has 0 amide bonds. The molecule has 1 saturated heterocycles. The van der Waals surface area contributed by atoms with Gasteiger partial charge in [-0.2, -0.15) is 4.31 Å². The molecule has 0 radical (unpaired) electrons. The first-order valence-electron chi connectivity index (χ1n) is 9.55. The van der Waals surface area contributed by atoms with Crippen LogP contribution in [0.1, 0.15) is 41.3 Å². The van der Waals surface area contributed by atoms with Crippen molar-refractivity contribution in [3.05, 3.63) is 52.4 Å². The number of Topliss-reactive ketones (excluding diaryl/α,β-unsaturated/α-hetero) is 1. The molecule has 156 valence electrons. The van der Waals surface area contributed by atoms with Crippen molar-refractivity contribution >= 4 is 33.1 Å². The number of esters is 1. The number of sulfonamides is 1. The molecule has 2 heterocycles. The quantitative estimate of drug-likeness (QED) is 0.512. The monoisotopic (exact) mass is 435 g/mol. The molecule has 1 aliphatic heterocycles. The number of nitrogens with zero attached hydrogens (tertiary/aromatic N) is 1. The number of thiophene rings is 1. The molecule has 1 aromatic carbocycles. The number of benzene rings is 1. The fraction of sp³-hybridized carbons (Fsp3) is 0.429. The van der Waals surface area contributed by atoms with Crippen LogP contribution in [0, 0.1) is 19.8 Å². The number of ether oxygens (including phenoxy) is 1. The summed E-state index contributed by atoms with van der Waals surface area (Å²) < 4.78 is 32.5. The standard InChI is InChI=1S/C21H25NO5S2/c1-14-8-9-15(2)18(12-14)20(23)16(3)27-21(24)17-6-4-10-22(13-17)29(25,26)19-7-5-11-28-19/h5,7-9,11-12,16-17H,4,6,10,13H2,1-3H3/t16-,17-/m1/s1. The van der Waals surface area contributed by atoms with Crippen LogP contribution in [0.25, 0.3) is 0 Å². The minimum absolute atomic E-state index is 0.0729. The lowest BCUT2D eigenvalue weighted by atomic mass is 9.98. The van der Waals surface area contributed by atoms with E-state index in [4.69, 9.17) is 4.74 Å². The van der Waals surface area contributed by atoms with Crippen molar-refractivity contribution in [2.75, 3.05) is 13.1 Å². The Morgan fingerprint density at radius 3 is 2.69 bits per heavy atom. The molecule has 1 fully saturated rings. The maximum absolute atomic E-state index is 12.7. The average Bonchev–Trinajstić information content (AvgIpc) is 3.25. The van der Waals surface area contributed by atoms with Crippen molar-refractivity contribution in [3.8, 4) is 0 Å². The smallest absolute Gasteiger partial charge is 0.310 e. The van der Waals surface area contributed by atoms with Gasteiger partial charge in [0.05, 0.1) is 5.92 Å². The number of rotatable bonds is 6. The summed E-state index contributed by atoms with van der Waals surface area (Å²) in [5, 5.41) is 1.71. The highest BCUT2D eigenvalue weighted by molar-refractivity contribution is 7.91. The van der Waals surface area contributed by atoms with Gasteiger partial charge in [0.1, 0.15) is 4.21 Å². The van der Waals surface area contributed by atoms with Gasteiger partial charge in [0.15, 0.2) is 6.10 Å². The third-order valence-corrected chi connectivity index (χ3v) is 8.37. The largest absolute Gasteiger partial charge is 0.454 e. The zero-order valence-corrected chi connectivity index (χ0v) is 18.4. The zero-order valence-electron chi connectivity index (χ0n) is 16.8. The van der Waals surface area contributed by atoms with Crippen LogP contribution in [0.3, 0.4) is 0 Å². The highest BCUT2D eigenvalue weighted by atomic mass is 32.2. The fourth-order valence-electron chi connectivity index (χ4n) is 3.43. The normalized spacial score (nSPS) is 18.9. The molecule has 0 unspecified atom stereocenters. The molecule has 2 aromatic rings. The minimum Gasteiger partial charge on any atom is -0.454 e. The zero-order chi connectivity index (χ0) is 21.2. The van der Waals surface area contributed by atoms with Crippen molar-refractivity contribution in [1.82, 2.24) is 4.31 Å². The second-order valence-corrected chi connectivity index (χ2v) is 10.5. The van der Waals surface area contributed by atoms with E-state index < -0.39 is 28.0 Å². The molecule has 8 heteroatoms. The molecule has 0 spiro atoms. The molecule has 0 bridgehead atoms. The Balaban J connectivity index is 1.67. The molecule has 0 aliphatic carbocycles. The van der Waals surface area contributed by atoms with E-state index in [0.29, 0.717) is 24.9 Å². The van der Waals surface area contributed by atoms with Gasteiger partial charge in [-0.25, -0.2) is 8.42 Å². The van der Waals surface area contributed by atoms with E-state index in [2.05, 4.69) is 0 Å². The van der Waals surface area contributed by atoms with Crippen LogP contribution >= 0.6 is 11.3 Å². The molecule has 3 rings (SSSR count). The predicted molar refractivity (Wildman–Crippen MR) is 112 cm³/mol. The van der Waals surface area contributed by atoms with Gasteiger partial charge in [0, 0.05) is 18.7 Å². The first-order valence-corrected chi connectivity index (χ1v) is 11.9. The van der Waals surface area contributed by atoms with Crippen molar-refractivity contribution in [3.63, 3.8) is 0 Å². The number of hydrogen-bond acceptors (Lipinski definition) is 6. The first kappa shape index (κ1) is 21.7. The third kappa shape index (κ3) is 4.76. The average molecular weight is 436 g/mol. The van der Waals surface area contributed by atoms with Gasteiger partial charge in [-0.15, -0.1) is 11.3 Å². The minimum atomic E-state index is -3.61. The van der Waals surface area contributed by atoms with Crippen LogP contribution in [0.4, 0.5) is 0 Å². The van der Waals surface area contributed by atoms with Crippen LogP contribution in [0.5, 0.6) is 0 Å². The number of hydrogen-bond donors (Lipinski definition) is 0. The highest BCUT2D eigenvalue weighted by Crippen LogP contribution is 2.27. The highest BCUT2D eigenvalue weighted by Gasteiger charge is 2.35. The Labute approximate surface area is 175 Å². The summed E-state index contributed by atoms with van der Waals surface area (Å²) >= 11 is 1.16. The SMILES string of the molecule is Cc1ccc(C)c(C(=O)[C@@H](C)OC(=O)[C@@H]2CCCN(S(=O)(=O)c3cccs3)C2)c1. The van der Waals surface area contributed by atoms with E-state index in [1.807, 2.05) is 26.0 Å². The summed E-state index contributed by atoms with van der Waals surface area (Å²) in [4.78, 5) is 25.4. The summed E-state index contributed by atoms with van der Waals surface area (Å²) in [6, 6.07) is 8.83. The van der Waals surface area contributed by atoms with Gasteiger partial charge in [-0.3, -0.25) is 9.59 Å². The van der Waals surface area contributed by atoms with E-state index in [1.54, 1.807) is 30.5 Å². The molecular weight excluding hydrogens is 410 g/mol. The fourth-order valence-corrected chi connectivity index (χ4v) is 6.10. The molecule has 29 heavy (non-hydrogen) atoms. The Hall–Kier alpha value is -2.03. The number of piperidine rings is 1. The summed E-state index contributed by atoms with van der Waals surface area (Å²) in [6.07, 6.45) is 0.191. The van der Waals surface area contributed by atoms with E-state index in [0.717, 1.165) is 22.5 Å². The number of carbonyl (C=O) groups excluding carboxylic acids is 2. The summed E-state index contributed by atoms with van der Waals surface area (Å²) in [5.74, 6) is -1.35. The topological polar surface area (TPSA) is 80.8 Å². The molecule has 1 aliphatic rings. The second-order valence-electron chi connectivity index (χ2n) is 7.40. The summed E-state index contributed by atoms with van der Waals surface area (Å²) in [7, 11) is -3.61. The predicted octanol–water partition coefficient (Wildman–Crippen LogP) is 3.58. The number of aryl methyl sites for hydroxylation is 2. The molecule has 0 N–H and O–H groups in total. The molecule has 6 nitrogen and oxygen atoms in total. The third-order valence-electron chi connectivity index (χ3n) is 5.13. The summed E-state index contributed by atoms with van der Waals surface area (Å²) in [5.41, 5.74) is 2.32. The van der Waals surface area contributed by atoms with Gasteiger partial charge in [0.2, 0.25) is 5.78 Å². The molecular formula is C21H25NO5S2. The van der Waals surface area contributed by atoms with E-state index in [9.17, 15) is 18.0 Å². The molecule has 0 saturated carbocycles. The van der Waals surface area contributed by atoms with Crippen LogP contribution in [0.15, 0.2) is 39.9 Å². The van der Waals surface area contributed by atoms with Crippen LogP contribution in [-0.2, 0) is 19.6 Å². The van der Waals surface area contributed by atoms with Gasteiger partial charge in [-0.05, 0) is 56.7 Å². The van der Waals surface area contributed by atoms with Crippen molar-refractivity contribution in [1.29, 1.82) is 0 Å². The van der Waals surface area contributed by atoms with Crippen molar-refractivity contribution in [2.24, 2.45) is 5.92 Å². The molecule has 1 aromatic heterocycles. The Bertz CT molecular complexity index is 998. The van der Waals surface area contributed by atoms with Crippen molar-refractivity contribution < 1.29 is 22.7 Å². The van der Waals surface area contributed by atoms with Crippen LogP contribution in [0.2, 0.25) is 0 Å². The number of carbonyl (C=O) groups is 2. The Kier molecular flexibility index (Phi) is 6.55. The van der Waals surface area contributed by atoms with E-state index >= 15 is 0 Å². The Morgan fingerprint density at radius 1 is 1.24 bits per heavy atom. The lowest BCUT2D eigenvalue weighted by molar-refractivity contribution is -0.152. The van der Waals surface area contributed by atoms with Gasteiger partial charge >= 0.3 is 5.97 Å². The first-order chi connectivity index (χ1) is 13.7. The van der Waals surface area contributed by atoms with E-state index in [-0.39, 0.29) is 16.5 Å². The van der Waals surface area contributed by atoms with Crippen LogP contribution in [-0.4, -0.2) is 43.7 Å². The van der Waals surface area contributed by atoms with E-state index in [1.165, 1.54) is 4.31 Å². The lowest BCUT2D eigenvalue weighted by Crippen LogP contribution is -2.43.